The van der Waals surface area contributed by atoms with Crippen LogP contribution in [0.5, 0.6) is 0 Å². The Morgan fingerprint density at radius 1 is 1.06 bits per heavy atom. The third-order valence-corrected chi connectivity index (χ3v) is 8.77. The molecule has 2 aromatic carbocycles. The fourth-order valence-electron chi connectivity index (χ4n) is 4.91. The molecule has 36 heavy (non-hydrogen) atoms. The molecule has 0 radical (unpaired) electrons. The summed E-state index contributed by atoms with van der Waals surface area (Å²) in [6.07, 6.45) is 0.837. The molecule has 0 aliphatic carbocycles. The molecule has 1 amide bonds. The van der Waals surface area contributed by atoms with E-state index in [2.05, 4.69) is 5.32 Å². The molecule has 5 rings (SSSR count). The van der Waals surface area contributed by atoms with E-state index in [0.717, 1.165) is 18.2 Å². The van der Waals surface area contributed by atoms with Crippen molar-refractivity contribution in [1.82, 2.24) is 8.87 Å². The monoisotopic (exact) mass is 528 g/mol. The molecule has 2 aliphatic heterocycles. The highest BCUT2D eigenvalue weighted by molar-refractivity contribution is 7.89. The van der Waals surface area contributed by atoms with E-state index in [1.165, 1.54) is 46.8 Å². The molecule has 0 saturated carbocycles. The summed E-state index contributed by atoms with van der Waals surface area (Å²) in [4.78, 5) is 35.2. The number of rotatable bonds is 5. The number of nitrogens with one attached hydrogen (secondary N) is 1. The van der Waals surface area contributed by atoms with Gasteiger partial charge in [0, 0.05) is 54.6 Å². The van der Waals surface area contributed by atoms with Gasteiger partial charge in [-0.3, -0.25) is 19.7 Å². The number of amides is 1. The van der Waals surface area contributed by atoms with Crippen molar-refractivity contribution in [3.05, 3.63) is 97.4 Å². The average Bonchev–Trinajstić information content (AvgIpc) is 2.85. The van der Waals surface area contributed by atoms with Crippen LogP contribution in [0.1, 0.15) is 28.4 Å². The van der Waals surface area contributed by atoms with Crippen LogP contribution in [0, 0.1) is 16.0 Å². The topological polar surface area (TPSA) is 132 Å². The summed E-state index contributed by atoms with van der Waals surface area (Å²) >= 11 is 5.79. The predicted octanol–water partition coefficient (Wildman–Crippen LogP) is 3.47. The van der Waals surface area contributed by atoms with Crippen LogP contribution in [0.25, 0.3) is 0 Å². The van der Waals surface area contributed by atoms with Gasteiger partial charge in [-0.1, -0.05) is 17.7 Å². The van der Waals surface area contributed by atoms with E-state index in [-0.39, 0.29) is 45.1 Å². The average molecular weight is 529 g/mol. The third-order valence-electron chi connectivity index (χ3n) is 6.60. The van der Waals surface area contributed by atoms with E-state index >= 15 is 0 Å². The van der Waals surface area contributed by atoms with Gasteiger partial charge in [-0.2, -0.15) is 4.31 Å². The molecule has 2 aliphatic rings. The molecule has 2 bridgehead atoms. The number of nitro benzene ring substituents is 1. The molecule has 10 nitrogen and oxygen atoms in total. The van der Waals surface area contributed by atoms with Crippen LogP contribution in [0.15, 0.2) is 70.4 Å². The standard InChI is InChI=1S/C24H21ClN4O6S/c25-20-9-4-16(11-22(20)29(32)33)24(31)26-18-5-7-19(8-6-18)36(34,35)27-12-15-10-17(14-27)21-2-1-3-23(30)28(21)13-15/h1-9,11,15,17H,10,12-14H2,(H,26,31). The summed E-state index contributed by atoms with van der Waals surface area (Å²) in [5.41, 5.74) is 0.787. The van der Waals surface area contributed by atoms with Gasteiger partial charge in [0.05, 0.1) is 9.82 Å². The number of carbonyl (C=O) groups excluding carboxylic acids is 1. The Kier molecular flexibility index (Phi) is 6.15. The number of fused-ring (bicyclic) bond motifs is 4. The number of sulfonamides is 1. The quantitative estimate of drug-likeness (QED) is 0.398. The smallest absolute Gasteiger partial charge is 0.288 e. The van der Waals surface area contributed by atoms with Crippen LogP contribution in [-0.4, -0.2) is 41.2 Å². The molecule has 1 saturated heterocycles. The van der Waals surface area contributed by atoms with Gasteiger partial charge in [0.25, 0.3) is 17.2 Å². The molecule has 1 N–H and O–H groups in total. The van der Waals surface area contributed by atoms with Gasteiger partial charge in [0.15, 0.2) is 0 Å². The number of carbonyl (C=O) groups is 1. The Balaban J connectivity index is 1.32. The number of pyridine rings is 1. The predicted molar refractivity (Wildman–Crippen MR) is 133 cm³/mol. The first-order valence-corrected chi connectivity index (χ1v) is 13.0. The summed E-state index contributed by atoms with van der Waals surface area (Å²) in [6.45, 7) is 1.11. The highest BCUT2D eigenvalue weighted by Crippen LogP contribution is 2.37. The van der Waals surface area contributed by atoms with E-state index in [9.17, 15) is 28.1 Å². The third kappa shape index (κ3) is 4.41. The molecular formula is C24H21ClN4O6S. The van der Waals surface area contributed by atoms with Crippen LogP contribution in [0.2, 0.25) is 5.02 Å². The minimum atomic E-state index is -3.79. The lowest BCUT2D eigenvalue weighted by Crippen LogP contribution is -2.48. The van der Waals surface area contributed by atoms with Crippen molar-refractivity contribution in [3.8, 4) is 0 Å². The van der Waals surface area contributed by atoms with Crippen LogP contribution < -0.4 is 10.9 Å². The molecule has 0 spiro atoms. The molecule has 1 aromatic heterocycles. The molecule has 3 aromatic rings. The Morgan fingerprint density at radius 2 is 1.81 bits per heavy atom. The molecule has 12 heteroatoms. The Labute approximate surface area is 211 Å². The van der Waals surface area contributed by atoms with Crippen molar-refractivity contribution in [2.45, 2.75) is 23.8 Å². The van der Waals surface area contributed by atoms with E-state index < -0.39 is 20.9 Å². The molecule has 1 fully saturated rings. The first-order valence-electron chi connectivity index (χ1n) is 11.2. The highest BCUT2D eigenvalue weighted by atomic mass is 35.5. The Morgan fingerprint density at radius 3 is 2.53 bits per heavy atom. The van der Waals surface area contributed by atoms with Crippen molar-refractivity contribution in [3.63, 3.8) is 0 Å². The van der Waals surface area contributed by atoms with Gasteiger partial charge < -0.3 is 9.88 Å². The van der Waals surface area contributed by atoms with Gasteiger partial charge in [-0.15, -0.1) is 0 Å². The largest absolute Gasteiger partial charge is 0.322 e. The van der Waals surface area contributed by atoms with E-state index in [0.29, 0.717) is 18.8 Å². The lowest BCUT2D eigenvalue weighted by Gasteiger charge is -2.42. The second-order valence-corrected chi connectivity index (χ2v) is 11.3. The van der Waals surface area contributed by atoms with Gasteiger partial charge in [-0.25, -0.2) is 8.42 Å². The van der Waals surface area contributed by atoms with Crippen LogP contribution >= 0.6 is 11.6 Å². The number of nitrogens with zero attached hydrogens (tertiary/aromatic N) is 3. The maximum atomic E-state index is 13.4. The summed E-state index contributed by atoms with van der Waals surface area (Å²) in [5.74, 6) is -0.598. The number of piperidine rings is 1. The van der Waals surface area contributed by atoms with Crippen LogP contribution in [-0.2, 0) is 16.6 Å². The number of halogens is 1. The molecular weight excluding hydrogens is 508 g/mol. The number of benzene rings is 2. The Hall–Kier alpha value is -3.54. The van der Waals surface area contributed by atoms with E-state index in [1.54, 1.807) is 10.6 Å². The second-order valence-electron chi connectivity index (χ2n) is 8.92. The zero-order valence-electron chi connectivity index (χ0n) is 18.8. The van der Waals surface area contributed by atoms with Crippen LogP contribution in [0.4, 0.5) is 11.4 Å². The summed E-state index contributed by atoms with van der Waals surface area (Å²) < 4.78 is 30.0. The summed E-state index contributed by atoms with van der Waals surface area (Å²) in [6, 6.07) is 14.6. The fourth-order valence-corrected chi connectivity index (χ4v) is 6.65. The number of hydrogen-bond donors (Lipinski definition) is 1. The minimum Gasteiger partial charge on any atom is -0.322 e. The van der Waals surface area contributed by atoms with Crippen molar-refractivity contribution in [1.29, 1.82) is 0 Å². The van der Waals surface area contributed by atoms with E-state index in [4.69, 9.17) is 11.6 Å². The molecule has 186 valence electrons. The van der Waals surface area contributed by atoms with Gasteiger partial charge >= 0.3 is 0 Å². The fraction of sp³-hybridized carbons (Fsp3) is 0.250. The number of aromatic nitrogens is 1. The van der Waals surface area contributed by atoms with Crippen molar-refractivity contribution >= 4 is 38.9 Å². The molecule has 2 unspecified atom stereocenters. The lowest BCUT2D eigenvalue weighted by atomic mass is 9.84. The summed E-state index contributed by atoms with van der Waals surface area (Å²) in [7, 11) is -3.79. The summed E-state index contributed by atoms with van der Waals surface area (Å²) in [5, 5.41) is 13.6. The normalized spacial score (nSPS) is 19.4. The van der Waals surface area contributed by atoms with E-state index in [1.807, 2.05) is 6.07 Å². The lowest BCUT2D eigenvalue weighted by molar-refractivity contribution is -0.384. The first-order chi connectivity index (χ1) is 17.1. The zero-order valence-corrected chi connectivity index (χ0v) is 20.4. The highest BCUT2D eigenvalue weighted by Gasteiger charge is 2.39. The van der Waals surface area contributed by atoms with Gasteiger partial charge in [-0.05, 0) is 54.8 Å². The van der Waals surface area contributed by atoms with Gasteiger partial charge in [0.1, 0.15) is 5.02 Å². The number of hydrogen-bond acceptors (Lipinski definition) is 6. The zero-order chi connectivity index (χ0) is 25.6. The van der Waals surface area contributed by atoms with Gasteiger partial charge in [0.2, 0.25) is 10.0 Å². The maximum Gasteiger partial charge on any atom is 0.288 e. The van der Waals surface area contributed by atoms with Crippen LogP contribution in [0.3, 0.4) is 0 Å². The van der Waals surface area contributed by atoms with Crippen molar-refractivity contribution in [2.75, 3.05) is 18.4 Å². The minimum absolute atomic E-state index is 0.0436. The Bertz CT molecular complexity index is 1540. The van der Waals surface area contributed by atoms with Crippen molar-refractivity contribution in [2.24, 2.45) is 5.92 Å². The molecule has 3 heterocycles. The van der Waals surface area contributed by atoms with Crippen molar-refractivity contribution < 1.29 is 18.1 Å². The second kappa shape index (κ2) is 9.16. The maximum absolute atomic E-state index is 13.4. The molecule has 2 atom stereocenters. The SMILES string of the molecule is O=C(Nc1ccc(S(=O)(=O)N2CC3CC(C2)c2cccc(=O)n2C3)cc1)c1ccc(Cl)c([N+](=O)[O-])c1. The number of anilines is 1. The number of nitro groups is 1. The first kappa shape index (κ1) is 24.2.